The van der Waals surface area contributed by atoms with E-state index in [1.165, 1.54) is 0 Å². The molecule has 0 aliphatic rings. The highest BCUT2D eigenvalue weighted by Crippen LogP contribution is 2.41. The van der Waals surface area contributed by atoms with Crippen molar-refractivity contribution in [3.8, 4) is 68.6 Å². The maximum absolute atomic E-state index is 9.63. The second kappa shape index (κ2) is 11.6. The molecule has 0 fully saturated rings. The van der Waals surface area contributed by atoms with Crippen molar-refractivity contribution in [3.05, 3.63) is 151 Å². The van der Waals surface area contributed by atoms with Gasteiger partial charge in [0.2, 0.25) is 0 Å². The quantitative estimate of drug-likeness (QED) is 0.195. The molecule has 8 aromatic rings. The second-order valence-corrected chi connectivity index (χ2v) is 11.1. The van der Waals surface area contributed by atoms with Crippen LogP contribution in [0.4, 0.5) is 0 Å². The first-order valence-corrected chi connectivity index (χ1v) is 15.1. The number of nitriles is 2. The molecule has 0 spiro atoms. The molecule has 0 saturated heterocycles. The van der Waals surface area contributed by atoms with Crippen LogP contribution in [0.5, 0.6) is 0 Å². The van der Waals surface area contributed by atoms with E-state index in [4.69, 9.17) is 19.4 Å². The fourth-order valence-corrected chi connectivity index (χ4v) is 5.86. The Bertz CT molecular complexity index is 2480. The lowest BCUT2D eigenvalue weighted by atomic mass is 9.94. The maximum Gasteiger partial charge on any atom is 0.164 e. The van der Waals surface area contributed by atoms with Gasteiger partial charge in [-0.3, -0.25) is 0 Å². The number of hydrogen-bond donors (Lipinski definition) is 0. The van der Waals surface area contributed by atoms with E-state index < -0.39 is 0 Å². The summed E-state index contributed by atoms with van der Waals surface area (Å²) in [5, 5.41) is 21.0. The predicted molar refractivity (Wildman–Crippen MR) is 184 cm³/mol. The third kappa shape index (κ3) is 5.17. The Kier molecular flexibility index (Phi) is 6.80. The van der Waals surface area contributed by atoms with Crippen molar-refractivity contribution in [2.24, 2.45) is 0 Å². The molecule has 0 aliphatic carbocycles. The molecule has 6 heteroatoms. The van der Waals surface area contributed by atoms with E-state index in [9.17, 15) is 10.5 Å². The average molecular weight is 602 g/mol. The van der Waals surface area contributed by atoms with Crippen molar-refractivity contribution in [3.63, 3.8) is 0 Å². The zero-order chi connectivity index (χ0) is 31.7. The van der Waals surface area contributed by atoms with Crippen LogP contribution in [-0.2, 0) is 0 Å². The molecule has 0 saturated carbocycles. The Morgan fingerprint density at radius 3 is 1.57 bits per heavy atom. The third-order valence-corrected chi connectivity index (χ3v) is 8.16. The Hall–Kier alpha value is -6.89. The molecule has 0 unspecified atom stereocenters. The number of fused-ring (bicyclic) bond motifs is 3. The van der Waals surface area contributed by atoms with Gasteiger partial charge in [-0.25, -0.2) is 15.0 Å². The van der Waals surface area contributed by atoms with Crippen LogP contribution >= 0.6 is 0 Å². The van der Waals surface area contributed by atoms with Crippen LogP contribution < -0.4 is 0 Å². The Labute approximate surface area is 270 Å². The summed E-state index contributed by atoms with van der Waals surface area (Å²) >= 11 is 0. The summed E-state index contributed by atoms with van der Waals surface area (Å²) in [5.74, 6) is 1.73. The first kappa shape index (κ1) is 27.6. The van der Waals surface area contributed by atoms with Crippen LogP contribution in [0.3, 0.4) is 0 Å². The number of furan rings is 1. The number of benzene rings is 6. The summed E-state index contributed by atoms with van der Waals surface area (Å²) in [6, 6.07) is 49.5. The molecule has 0 aliphatic heterocycles. The molecule has 8 rings (SSSR count). The third-order valence-electron chi connectivity index (χ3n) is 8.16. The first-order chi connectivity index (χ1) is 23.2. The number of rotatable bonds is 5. The van der Waals surface area contributed by atoms with Crippen LogP contribution in [0.15, 0.2) is 144 Å². The van der Waals surface area contributed by atoms with Gasteiger partial charge in [0.1, 0.15) is 11.2 Å². The number of aromatic nitrogens is 3. The molecular weight excluding hydrogens is 578 g/mol. The van der Waals surface area contributed by atoms with Crippen LogP contribution in [-0.4, -0.2) is 15.0 Å². The largest absolute Gasteiger partial charge is 0.455 e. The minimum Gasteiger partial charge on any atom is -0.455 e. The predicted octanol–water partition coefficient (Wildman–Crippen LogP) is 9.85. The molecule has 218 valence electrons. The minimum absolute atomic E-state index is 0.550. The number of nitrogens with zero attached hydrogens (tertiary/aromatic N) is 5. The minimum atomic E-state index is 0.550. The normalized spacial score (nSPS) is 10.9. The van der Waals surface area contributed by atoms with Gasteiger partial charge in [0.25, 0.3) is 0 Å². The van der Waals surface area contributed by atoms with Crippen molar-refractivity contribution in [1.82, 2.24) is 15.0 Å². The van der Waals surface area contributed by atoms with Gasteiger partial charge in [0.05, 0.1) is 23.3 Å². The molecule has 0 bridgehead atoms. The van der Waals surface area contributed by atoms with E-state index in [-0.39, 0.29) is 0 Å². The SMILES string of the molecule is N#Cc1cccc(-c2cc(-c3cccc(C#N)c3)c3oc4ccc(-c5nc(-c6ccccc6)nc(-c6ccccc6)n5)cc4c3c2)c1. The molecule has 6 aromatic carbocycles. The van der Waals surface area contributed by atoms with Gasteiger partial charge in [-0.05, 0) is 71.3 Å². The highest BCUT2D eigenvalue weighted by molar-refractivity contribution is 6.12. The lowest BCUT2D eigenvalue weighted by Gasteiger charge is -2.09. The van der Waals surface area contributed by atoms with Crippen molar-refractivity contribution in [1.29, 1.82) is 10.5 Å². The van der Waals surface area contributed by atoms with E-state index in [2.05, 4.69) is 30.3 Å². The smallest absolute Gasteiger partial charge is 0.164 e. The standard InChI is InChI=1S/C41H23N5O/c42-24-26-9-7-15-30(19-26)33-22-34(31-16-8-10-27(20-31)25-43)38-36(23-33)35-21-32(17-18-37(35)47-38)41-45-39(28-11-3-1-4-12-28)44-40(46-41)29-13-5-2-6-14-29/h1-23H. The van der Waals surface area contributed by atoms with E-state index in [0.717, 1.165) is 49.7 Å². The zero-order valence-electron chi connectivity index (χ0n) is 24.9. The highest BCUT2D eigenvalue weighted by atomic mass is 16.3. The van der Waals surface area contributed by atoms with Crippen LogP contribution in [0.25, 0.3) is 78.4 Å². The van der Waals surface area contributed by atoms with Gasteiger partial charge >= 0.3 is 0 Å². The van der Waals surface area contributed by atoms with Gasteiger partial charge in [-0.1, -0.05) is 84.9 Å². The lowest BCUT2D eigenvalue weighted by molar-refractivity contribution is 0.670. The number of hydrogen-bond acceptors (Lipinski definition) is 6. The monoisotopic (exact) mass is 601 g/mol. The highest BCUT2D eigenvalue weighted by Gasteiger charge is 2.18. The molecule has 0 radical (unpaired) electrons. The molecule has 0 amide bonds. The van der Waals surface area contributed by atoms with Crippen molar-refractivity contribution in [2.45, 2.75) is 0 Å². The first-order valence-electron chi connectivity index (χ1n) is 15.1. The second-order valence-electron chi connectivity index (χ2n) is 11.1. The van der Waals surface area contributed by atoms with Gasteiger partial charge < -0.3 is 4.42 Å². The average Bonchev–Trinajstić information content (AvgIpc) is 3.53. The zero-order valence-corrected chi connectivity index (χ0v) is 24.9. The fourth-order valence-electron chi connectivity index (χ4n) is 5.86. The van der Waals surface area contributed by atoms with Crippen LogP contribution in [0, 0.1) is 22.7 Å². The van der Waals surface area contributed by atoms with Crippen molar-refractivity contribution in [2.75, 3.05) is 0 Å². The summed E-state index contributed by atoms with van der Waals surface area (Å²) in [6.45, 7) is 0. The molecule has 2 aromatic heterocycles. The molecule has 47 heavy (non-hydrogen) atoms. The van der Waals surface area contributed by atoms with Crippen LogP contribution in [0.2, 0.25) is 0 Å². The molecular formula is C41H23N5O. The molecule has 6 nitrogen and oxygen atoms in total. The van der Waals surface area contributed by atoms with Crippen molar-refractivity contribution >= 4 is 21.9 Å². The summed E-state index contributed by atoms with van der Waals surface area (Å²) < 4.78 is 6.54. The van der Waals surface area contributed by atoms with Gasteiger partial charge in [0, 0.05) is 33.0 Å². The van der Waals surface area contributed by atoms with Gasteiger partial charge in [-0.2, -0.15) is 10.5 Å². The Morgan fingerprint density at radius 1 is 0.426 bits per heavy atom. The maximum atomic E-state index is 9.63. The van der Waals surface area contributed by atoms with Gasteiger partial charge in [0.15, 0.2) is 17.5 Å². The fraction of sp³-hybridized carbons (Fsp3) is 0. The van der Waals surface area contributed by atoms with E-state index in [0.29, 0.717) is 39.8 Å². The summed E-state index contributed by atoms with van der Waals surface area (Å²) in [4.78, 5) is 14.7. The van der Waals surface area contributed by atoms with Crippen molar-refractivity contribution < 1.29 is 4.42 Å². The summed E-state index contributed by atoms with van der Waals surface area (Å²) in [5.41, 5.74) is 8.73. The van der Waals surface area contributed by atoms with E-state index in [1.807, 2.05) is 109 Å². The topological polar surface area (TPSA) is 99.4 Å². The Balaban J connectivity index is 1.37. The lowest BCUT2D eigenvalue weighted by Crippen LogP contribution is -2.00. The Morgan fingerprint density at radius 2 is 0.957 bits per heavy atom. The van der Waals surface area contributed by atoms with Gasteiger partial charge in [-0.15, -0.1) is 0 Å². The van der Waals surface area contributed by atoms with E-state index >= 15 is 0 Å². The molecule has 0 N–H and O–H groups in total. The van der Waals surface area contributed by atoms with Crippen LogP contribution in [0.1, 0.15) is 11.1 Å². The summed E-state index contributed by atoms with van der Waals surface area (Å²) in [6.07, 6.45) is 0. The molecule has 2 heterocycles. The molecule has 0 atom stereocenters. The summed E-state index contributed by atoms with van der Waals surface area (Å²) in [7, 11) is 0. The van der Waals surface area contributed by atoms with E-state index in [1.54, 1.807) is 12.1 Å².